The SMILES string of the molecule is CCCCOc1cccc2cccc(C(C)(O)C(F)(F)F)c12. The van der Waals surface area contributed by atoms with Crippen LogP contribution in [-0.2, 0) is 5.60 Å². The summed E-state index contributed by atoms with van der Waals surface area (Å²) in [6.07, 6.45) is -3.02. The lowest BCUT2D eigenvalue weighted by Gasteiger charge is -2.28. The normalized spacial score (nSPS) is 14.8. The summed E-state index contributed by atoms with van der Waals surface area (Å²) in [6, 6.07) is 9.58. The van der Waals surface area contributed by atoms with Gasteiger partial charge in [-0.1, -0.05) is 43.7 Å². The number of hydrogen-bond acceptors (Lipinski definition) is 2. The van der Waals surface area contributed by atoms with Crippen molar-refractivity contribution in [2.75, 3.05) is 6.61 Å². The molecule has 0 aliphatic rings. The Morgan fingerprint density at radius 3 is 2.32 bits per heavy atom. The highest BCUT2D eigenvalue weighted by Gasteiger charge is 2.52. The number of alkyl halides is 3. The molecule has 1 unspecified atom stereocenters. The Labute approximate surface area is 127 Å². The van der Waals surface area contributed by atoms with E-state index in [9.17, 15) is 18.3 Å². The molecule has 0 fully saturated rings. The lowest BCUT2D eigenvalue weighted by molar-refractivity contribution is -0.258. The minimum absolute atomic E-state index is 0.190. The zero-order valence-corrected chi connectivity index (χ0v) is 12.6. The van der Waals surface area contributed by atoms with E-state index in [4.69, 9.17) is 4.74 Å². The Hall–Kier alpha value is -1.75. The van der Waals surface area contributed by atoms with Crippen molar-refractivity contribution in [2.24, 2.45) is 0 Å². The van der Waals surface area contributed by atoms with Crippen LogP contribution in [-0.4, -0.2) is 17.9 Å². The number of rotatable bonds is 5. The average Bonchev–Trinajstić information content (AvgIpc) is 2.46. The first-order valence-corrected chi connectivity index (χ1v) is 7.23. The van der Waals surface area contributed by atoms with Crippen molar-refractivity contribution in [2.45, 2.75) is 38.5 Å². The van der Waals surface area contributed by atoms with Crippen molar-refractivity contribution in [1.29, 1.82) is 0 Å². The van der Waals surface area contributed by atoms with Gasteiger partial charge < -0.3 is 9.84 Å². The predicted molar refractivity (Wildman–Crippen MR) is 80.0 cm³/mol. The maximum atomic E-state index is 13.2. The van der Waals surface area contributed by atoms with Crippen LogP contribution in [0.1, 0.15) is 32.3 Å². The van der Waals surface area contributed by atoms with Crippen molar-refractivity contribution in [1.82, 2.24) is 0 Å². The summed E-state index contributed by atoms with van der Waals surface area (Å²) in [5.74, 6) is 0.367. The first-order valence-electron chi connectivity index (χ1n) is 7.23. The summed E-state index contributed by atoms with van der Waals surface area (Å²) in [7, 11) is 0. The molecule has 2 aromatic rings. The highest BCUT2D eigenvalue weighted by molar-refractivity contribution is 5.92. The van der Waals surface area contributed by atoms with E-state index in [1.165, 1.54) is 12.1 Å². The van der Waals surface area contributed by atoms with Crippen LogP contribution in [0.3, 0.4) is 0 Å². The summed E-state index contributed by atoms with van der Waals surface area (Å²) in [5.41, 5.74) is -3.12. The summed E-state index contributed by atoms with van der Waals surface area (Å²) in [4.78, 5) is 0. The molecule has 0 spiro atoms. The third-order valence-electron chi connectivity index (χ3n) is 3.70. The van der Waals surface area contributed by atoms with E-state index in [2.05, 4.69) is 0 Å². The van der Waals surface area contributed by atoms with Gasteiger partial charge in [-0.3, -0.25) is 0 Å². The van der Waals surface area contributed by atoms with Gasteiger partial charge in [-0.15, -0.1) is 0 Å². The molecule has 0 radical (unpaired) electrons. The lowest BCUT2D eigenvalue weighted by Crippen LogP contribution is -2.39. The minimum atomic E-state index is -4.77. The highest BCUT2D eigenvalue weighted by Crippen LogP contribution is 2.43. The number of ether oxygens (including phenoxy) is 1. The molecule has 0 aliphatic heterocycles. The van der Waals surface area contributed by atoms with Gasteiger partial charge in [-0.05, 0) is 24.8 Å². The molecule has 0 saturated heterocycles. The number of halogens is 3. The Morgan fingerprint density at radius 2 is 1.73 bits per heavy atom. The van der Waals surface area contributed by atoms with Crippen molar-refractivity contribution < 1.29 is 23.0 Å². The number of benzene rings is 2. The van der Waals surface area contributed by atoms with Gasteiger partial charge in [0.2, 0.25) is 0 Å². The fourth-order valence-electron chi connectivity index (χ4n) is 2.31. The van der Waals surface area contributed by atoms with Crippen LogP contribution in [0.5, 0.6) is 5.75 Å². The van der Waals surface area contributed by atoms with Crippen molar-refractivity contribution in [3.63, 3.8) is 0 Å². The molecular weight excluding hydrogens is 293 g/mol. The number of hydrogen-bond donors (Lipinski definition) is 1. The van der Waals surface area contributed by atoms with E-state index in [1.54, 1.807) is 24.3 Å². The molecule has 1 atom stereocenters. The van der Waals surface area contributed by atoms with Gasteiger partial charge in [0, 0.05) is 10.9 Å². The molecule has 2 aromatic carbocycles. The third kappa shape index (κ3) is 3.04. The van der Waals surface area contributed by atoms with Crippen LogP contribution < -0.4 is 4.74 Å². The molecule has 22 heavy (non-hydrogen) atoms. The molecule has 0 bridgehead atoms. The van der Waals surface area contributed by atoms with Gasteiger partial charge in [0.25, 0.3) is 0 Å². The molecule has 1 N–H and O–H groups in total. The number of aliphatic hydroxyl groups is 1. The van der Waals surface area contributed by atoms with E-state index in [0.717, 1.165) is 19.8 Å². The fourth-order valence-corrected chi connectivity index (χ4v) is 2.31. The molecule has 5 heteroatoms. The summed E-state index contributed by atoms with van der Waals surface area (Å²) in [6.45, 7) is 3.20. The second-order valence-electron chi connectivity index (χ2n) is 5.43. The van der Waals surface area contributed by atoms with Crippen LogP contribution in [0.4, 0.5) is 13.2 Å². The van der Waals surface area contributed by atoms with E-state index in [-0.39, 0.29) is 5.56 Å². The highest BCUT2D eigenvalue weighted by atomic mass is 19.4. The fraction of sp³-hybridized carbons (Fsp3) is 0.412. The Bertz CT molecular complexity index is 643. The monoisotopic (exact) mass is 312 g/mol. The predicted octanol–water partition coefficient (Wildman–Crippen LogP) is 4.79. The van der Waals surface area contributed by atoms with Gasteiger partial charge in [0.05, 0.1) is 6.61 Å². The maximum absolute atomic E-state index is 13.2. The molecule has 0 amide bonds. The van der Waals surface area contributed by atoms with Crippen LogP contribution in [0.25, 0.3) is 10.8 Å². The van der Waals surface area contributed by atoms with Crippen LogP contribution in [0, 0.1) is 0 Å². The topological polar surface area (TPSA) is 29.5 Å². The second kappa shape index (κ2) is 6.16. The van der Waals surface area contributed by atoms with Crippen molar-refractivity contribution >= 4 is 10.8 Å². The molecule has 2 nitrogen and oxygen atoms in total. The molecule has 120 valence electrons. The molecule has 0 heterocycles. The summed E-state index contributed by atoms with van der Waals surface area (Å²) in [5, 5.41) is 11.0. The van der Waals surface area contributed by atoms with Gasteiger partial charge in [-0.25, -0.2) is 0 Å². The smallest absolute Gasteiger partial charge is 0.421 e. The molecule has 0 saturated carbocycles. The van der Waals surface area contributed by atoms with Gasteiger partial charge >= 0.3 is 6.18 Å². The molecular formula is C17H19F3O2. The molecule has 0 aromatic heterocycles. The van der Waals surface area contributed by atoms with E-state index >= 15 is 0 Å². The van der Waals surface area contributed by atoms with Crippen LogP contribution in [0.2, 0.25) is 0 Å². The zero-order chi connectivity index (χ0) is 16.4. The van der Waals surface area contributed by atoms with Crippen molar-refractivity contribution in [3.8, 4) is 5.75 Å². The Kier molecular flexibility index (Phi) is 4.66. The standard InChI is InChI=1S/C17H19F3O2/c1-3-4-11-22-14-10-6-8-12-7-5-9-13(15(12)14)16(2,21)17(18,19)20/h5-10,21H,3-4,11H2,1-2H3. The molecule has 2 rings (SSSR count). The van der Waals surface area contributed by atoms with Crippen LogP contribution in [0.15, 0.2) is 36.4 Å². The minimum Gasteiger partial charge on any atom is -0.493 e. The van der Waals surface area contributed by atoms with E-state index in [0.29, 0.717) is 23.1 Å². The van der Waals surface area contributed by atoms with Crippen molar-refractivity contribution in [3.05, 3.63) is 42.0 Å². The second-order valence-corrected chi connectivity index (χ2v) is 5.43. The first-order chi connectivity index (χ1) is 10.3. The van der Waals surface area contributed by atoms with Gasteiger partial charge in [0.1, 0.15) is 5.75 Å². The van der Waals surface area contributed by atoms with Gasteiger partial charge in [0.15, 0.2) is 5.60 Å². The van der Waals surface area contributed by atoms with Gasteiger partial charge in [-0.2, -0.15) is 13.2 Å². The quantitative estimate of drug-likeness (QED) is 0.804. The maximum Gasteiger partial charge on any atom is 0.421 e. The van der Waals surface area contributed by atoms with E-state index < -0.39 is 11.8 Å². The summed E-state index contributed by atoms with van der Waals surface area (Å²) >= 11 is 0. The third-order valence-corrected chi connectivity index (χ3v) is 3.70. The lowest BCUT2D eigenvalue weighted by atomic mass is 9.90. The zero-order valence-electron chi connectivity index (χ0n) is 12.6. The Morgan fingerprint density at radius 1 is 1.09 bits per heavy atom. The Balaban J connectivity index is 2.60. The summed E-state index contributed by atoms with van der Waals surface area (Å²) < 4.78 is 45.2. The average molecular weight is 312 g/mol. The number of fused-ring (bicyclic) bond motifs is 1. The van der Waals surface area contributed by atoms with E-state index in [1.807, 2.05) is 6.92 Å². The largest absolute Gasteiger partial charge is 0.493 e. The van der Waals surface area contributed by atoms with Crippen LogP contribution >= 0.6 is 0 Å². The molecule has 0 aliphatic carbocycles. The number of unbranched alkanes of at least 4 members (excludes halogenated alkanes) is 1. The first kappa shape index (κ1) is 16.6.